The summed E-state index contributed by atoms with van der Waals surface area (Å²) in [6.07, 6.45) is 3.67. The van der Waals surface area contributed by atoms with Gasteiger partial charge in [0.25, 0.3) is 0 Å². The van der Waals surface area contributed by atoms with E-state index in [1.165, 1.54) is 11.1 Å². The van der Waals surface area contributed by atoms with Crippen LogP contribution in [0, 0.1) is 0 Å². The van der Waals surface area contributed by atoms with Gasteiger partial charge in [0.05, 0.1) is 0 Å². The first-order valence-corrected chi connectivity index (χ1v) is 7.37. The summed E-state index contributed by atoms with van der Waals surface area (Å²) >= 11 is 0. The van der Waals surface area contributed by atoms with Gasteiger partial charge >= 0.3 is 0 Å². The van der Waals surface area contributed by atoms with Gasteiger partial charge in [-0.2, -0.15) is 0 Å². The van der Waals surface area contributed by atoms with Gasteiger partial charge in [-0.1, -0.05) is 54.6 Å². The first-order chi connectivity index (χ1) is 10.3. The monoisotopic (exact) mass is 277 g/mol. The Bertz CT molecular complexity index is 700. The highest BCUT2D eigenvalue weighted by atomic mass is 16.1. The van der Waals surface area contributed by atoms with Crippen LogP contribution in [0.5, 0.6) is 0 Å². The maximum absolute atomic E-state index is 12.5. The Morgan fingerprint density at radius 3 is 2.43 bits per heavy atom. The quantitative estimate of drug-likeness (QED) is 0.870. The molecule has 2 aromatic rings. The minimum Gasteiger partial charge on any atom is -0.319 e. The van der Waals surface area contributed by atoms with Gasteiger partial charge in [0.15, 0.2) is 5.78 Å². The average Bonchev–Trinajstić information content (AvgIpc) is 2.63. The highest BCUT2D eigenvalue weighted by Crippen LogP contribution is 2.33. The Labute approximate surface area is 125 Å². The molecule has 0 aliphatic heterocycles. The number of ketones is 1. The molecule has 1 aliphatic carbocycles. The Morgan fingerprint density at radius 1 is 1.00 bits per heavy atom. The number of benzene rings is 2. The molecular formula is C19H19NO. The van der Waals surface area contributed by atoms with E-state index in [0.29, 0.717) is 6.42 Å². The summed E-state index contributed by atoms with van der Waals surface area (Å²) < 4.78 is 0. The van der Waals surface area contributed by atoms with Gasteiger partial charge in [-0.3, -0.25) is 4.79 Å². The summed E-state index contributed by atoms with van der Waals surface area (Å²) in [5.41, 5.74) is 5.39. The molecule has 0 aromatic heterocycles. The number of carbonyl (C=O) groups excluding carboxylic acids is 1. The van der Waals surface area contributed by atoms with Crippen molar-refractivity contribution < 1.29 is 4.79 Å². The topological polar surface area (TPSA) is 29.1 Å². The zero-order chi connectivity index (χ0) is 14.7. The van der Waals surface area contributed by atoms with Crippen LogP contribution in [0.15, 0.2) is 54.6 Å². The number of fused-ring (bicyclic) bond motifs is 2. The van der Waals surface area contributed by atoms with Gasteiger partial charge < -0.3 is 5.32 Å². The molecule has 3 rings (SSSR count). The molecule has 0 unspecified atom stereocenters. The van der Waals surface area contributed by atoms with Crippen molar-refractivity contribution >= 4 is 11.4 Å². The van der Waals surface area contributed by atoms with E-state index in [2.05, 4.69) is 29.6 Å². The lowest BCUT2D eigenvalue weighted by Gasteiger charge is -2.11. The molecule has 0 fully saturated rings. The van der Waals surface area contributed by atoms with Crippen molar-refractivity contribution in [2.24, 2.45) is 0 Å². The van der Waals surface area contributed by atoms with Crippen LogP contribution in [0.4, 0.5) is 0 Å². The smallest absolute Gasteiger partial charge is 0.167 e. The molecule has 0 heterocycles. The van der Waals surface area contributed by atoms with Crippen molar-refractivity contribution in [1.29, 1.82) is 0 Å². The van der Waals surface area contributed by atoms with Crippen LogP contribution in [0.2, 0.25) is 0 Å². The van der Waals surface area contributed by atoms with Crippen molar-refractivity contribution in [3.8, 4) is 0 Å². The van der Waals surface area contributed by atoms with E-state index in [1.807, 2.05) is 37.4 Å². The molecule has 21 heavy (non-hydrogen) atoms. The van der Waals surface area contributed by atoms with Gasteiger partial charge in [0.2, 0.25) is 0 Å². The van der Waals surface area contributed by atoms with Crippen LogP contribution in [-0.4, -0.2) is 19.4 Å². The standard InChI is InChI=1S/C19H19NO/c1-20-12-6-11-16-15-8-3-2-7-14(15)13-19(21)18-10-5-4-9-17(16)18/h2-5,7-11,20H,6,12-13H2,1H3/b16-11+. The number of carbonyl (C=O) groups is 1. The SMILES string of the molecule is CNCC/C=C1\c2ccccc2CC(=O)c2ccccc21. The number of Topliss-reactive ketones (excluding diaryl/α,β-unsaturated/α-hetero) is 1. The Morgan fingerprint density at radius 2 is 1.67 bits per heavy atom. The summed E-state index contributed by atoms with van der Waals surface area (Å²) in [4.78, 5) is 12.5. The van der Waals surface area contributed by atoms with Crippen molar-refractivity contribution in [3.63, 3.8) is 0 Å². The van der Waals surface area contributed by atoms with Crippen LogP contribution >= 0.6 is 0 Å². The number of hydrogen-bond acceptors (Lipinski definition) is 2. The van der Waals surface area contributed by atoms with Crippen molar-refractivity contribution in [2.45, 2.75) is 12.8 Å². The molecule has 0 saturated heterocycles. The van der Waals surface area contributed by atoms with E-state index in [1.54, 1.807) is 0 Å². The Kier molecular flexibility index (Phi) is 3.98. The van der Waals surface area contributed by atoms with Crippen molar-refractivity contribution in [3.05, 3.63) is 76.9 Å². The third-order valence-corrected chi connectivity index (χ3v) is 3.92. The summed E-state index contributed by atoms with van der Waals surface area (Å²) in [5, 5.41) is 3.17. The maximum Gasteiger partial charge on any atom is 0.167 e. The molecule has 2 aromatic carbocycles. The van der Waals surface area contributed by atoms with Crippen LogP contribution < -0.4 is 5.32 Å². The minimum absolute atomic E-state index is 0.204. The molecule has 1 N–H and O–H groups in total. The molecule has 2 nitrogen and oxygen atoms in total. The zero-order valence-electron chi connectivity index (χ0n) is 12.2. The summed E-state index contributed by atoms with van der Waals surface area (Å²) in [6, 6.07) is 16.2. The molecule has 2 heteroatoms. The fourth-order valence-corrected chi connectivity index (χ4v) is 2.89. The third kappa shape index (κ3) is 2.67. The average molecular weight is 277 g/mol. The fourth-order valence-electron chi connectivity index (χ4n) is 2.89. The lowest BCUT2D eigenvalue weighted by atomic mass is 9.93. The van der Waals surface area contributed by atoms with E-state index in [9.17, 15) is 4.79 Å². The highest BCUT2D eigenvalue weighted by molar-refractivity contribution is 6.06. The maximum atomic E-state index is 12.5. The first kappa shape index (κ1) is 13.8. The van der Waals surface area contributed by atoms with Gasteiger partial charge in [-0.05, 0) is 42.3 Å². The first-order valence-electron chi connectivity index (χ1n) is 7.37. The van der Waals surface area contributed by atoms with E-state index >= 15 is 0 Å². The van der Waals surface area contributed by atoms with Crippen LogP contribution in [0.3, 0.4) is 0 Å². The van der Waals surface area contributed by atoms with Gasteiger partial charge in [0.1, 0.15) is 0 Å². The van der Waals surface area contributed by atoms with Crippen LogP contribution in [0.1, 0.15) is 33.5 Å². The fraction of sp³-hybridized carbons (Fsp3) is 0.211. The Balaban J connectivity index is 2.18. The normalized spacial score (nSPS) is 15.5. The van der Waals surface area contributed by atoms with E-state index in [4.69, 9.17) is 0 Å². The Hall–Kier alpha value is -2.19. The third-order valence-electron chi connectivity index (χ3n) is 3.92. The number of hydrogen-bond donors (Lipinski definition) is 1. The highest BCUT2D eigenvalue weighted by Gasteiger charge is 2.22. The summed E-state index contributed by atoms with van der Waals surface area (Å²) in [5.74, 6) is 0.204. The molecule has 106 valence electrons. The summed E-state index contributed by atoms with van der Waals surface area (Å²) in [6.45, 7) is 0.932. The predicted octanol–water partition coefficient (Wildman–Crippen LogP) is 3.47. The van der Waals surface area contributed by atoms with Crippen LogP contribution in [0.25, 0.3) is 5.57 Å². The van der Waals surface area contributed by atoms with Crippen LogP contribution in [-0.2, 0) is 6.42 Å². The second-order valence-corrected chi connectivity index (χ2v) is 5.31. The zero-order valence-corrected chi connectivity index (χ0v) is 12.2. The molecule has 0 spiro atoms. The largest absolute Gasteiger partial charge is 0.319 e. The second-order valence-electron chi connectivity index (χ2n) is 5.31. The lowest BCUT2D eigenvalue weighted by Crippen LogP contribution is -2.06. The molecule has 0 bridgehead atoms. The second kappa shape index (κ2) is 6.06. The number of nitrogens with one attached hydrogen (secondary N) is 1. The summed E-state index contributed by atoms with van der Waals surface area (Å²) in [7, 11) is 1.96. The number of rotatable bonds is 3. The lowest BCUT2D eigenvalue weighted by molar-refractivity contribution is 0.0993. The van der Waals surface area contributed by atoms with Gasteiger partial charge in [-0.25, -0.2) is 0 Å². The van der Waals surface area contributed by atoms with E-state index < -0.39 is 0 Å². The molecule has 1 aliphatic rings. The molecule has 0 amide bonds. The molecular weight excluding hydrogens is 258 g/mol. The van der Waals surface area contributed by atoms with E-state index in [-0.39, 0.29) is 5.78 Å². The van der Waals surface area contributed by atoms with Crippen molar-refractivity contribution in [2.75, 3.05) is 13.6 Å². The van der Waals surface area contributed by atoms with Gasteiger partial charge in [-0.15, -0.1) is 0 Å². The predicted molar refractivity (Wildman–Crippen MR) is 86.5 cm³/mol. The van der Waals surface area contributed by atoms with Gasteiger partial charge in [0, 0.05) is 12.0 Å². The molecule has 0 saturated carbocycles. The minimum atomic E-state index is 0.204. The van der Waals surface area contributed by atoms with E-state index in [0.717, 1.165) is 29.7 Å². The van der Waals surface area contributed by atoms with Crippen molar-refractivity contribution in [1.82, 2.24) is 5.32 Å². The molecule has 0 atom stereocenters. The molecule has 0 radical (unpaired) electrons.